The summed E-state index contributed by atoms with van der Waals surface area (Å²) in [6.07, 6.45) is -0.0754. The van der Waals surface area contributed by atoms with E-state index >= 15 is 0 Å². The third-order valence-electron chi connectivity index (χ3n) is 6.76. The van der Waals surface area contributed by atoms with Crippen LogP contribution in [0.15, 0.2) is 48.5 Å². The Hall–Kier alpha value is -2.19. The molecule has 4 atom stereocenters. The van der Waals surface area contributed by atoms with Gasteiger partial charge in [-0.2, -0.15) is 17.6 Å². The number of hydrogen-bond donors (Lipinski definition) is 1. The molecule has 2 aromatic carbocycles. The molecule has 14 heteroatoms. The Morgan fingerprint density at radius 2 is 1.38 bits per heavy atom. The number of carbonyl (C=O) groups excluding carboxylic acids is 1. The van der Waals surface area contributed by atoms with E-state index in [4.69, 9.17) is 37.4 Å². The van der Waals surface area contributed by atoms with Gasteiger partial charge >= 0.3 is 19.3 Å². The van der Waals surface area contributed by atoms with E-state index < -0.39 is 31.0 Å². The Bertz CT molecular complexity index is 1150. The number of carbonyl (C=O) groups is 1. The van der Waals surface area contributed by atoms with Crippen LogP contribution in [0.1, 0.15) is 31.9 Å². The van der Waals surface area contributed by atoms with Crippen LogP contribution in [-0.2, 0) is 36.5 Å². The van der Waals surface area contributed by atoms with E-state index in [0.29, 0.717) is 29.6 Å². The molecule has 0 saturated carbocycles. The maximum atomic E-state index is 12.6. The minimum atomic E-state index is -2.87. The molecule has 0 radical (unpaired) electrons. The highest BCUT2D eigenvalue weighted by Crippen LogP contribution is 2.22. The van der Waals surface area contributed by atoms with E-state index in [1.807, 2.05) is 36.4 Å². The van der Waals surface area contributed by atoms with Crippen molar-refractivity contribution in [2.45, 2.75) is 76.7 Å². The number of ether oxygens (including phenoxy) is 5. The van der Waals surface area contributed by atoms with E-state index in [1.54, 1.807) is 32.9 Å². The van der Waals surface area contributed by atoms with Gasteiger partial charge in [0.25, 0.3) is 0 Å². The molecular weight excluding hydrogens is 643 g/mol. The van der Waals surface area contributed by atoms with Gasteiger partial charge in [0.15, 0.2) is 0 Å². The quantitative estimate of drug-likeness (QED) is 0.283. The molecule has 45 heavy (non-hydrogen) atoms. The number of hydrogen-bond acceptors (Lipinski definition) is 7. The van der Waals surface area contributed by atoms with Crippen LogP contribution in [0, 0.1) is 0 Å². The summed E-state index contributed by atoms with van der Waals surface area (Å²) >= 11 is 11.7. The summed E-state index contributed by atoms with van der Waals surface area (Å²) < 4.78 is 73.4. The average Bonchev–Trinajstić information content (AvgIpc) is 2.98. The van der Waals surface area contributed by atoms with Gasteiger partial charge < -0.3 is 29.0 Å². The van der Waals surface area contributed by atoms with E-state index in [1.165, 1.54) is 4.90 Å². The summed E-state index contributed by atoms with van der Waals surface area (Å²) in [5.41, 5.74) is 1.49. The standard InChI is InChI=1S/C18H24ClF2NO4.C13H16ClF2NO2/c1-18(2,3)26-17(23)22-9-15(11-25-16(20)21)24-10-14(22)8-12-4-6-13(19)7-5-12;14-10-3-1-9(2-4-10)5-11-7-18-12(6-17-11)8-19-13(15)16/h4-7,14-16H,8-11H2,1-3H3;1-4,11-13,17H,5-8H2/t14-,15+;11-,12+/m00/s1. The number of halogens is 6. The molecule has 2 heterocycles. The van der Waals surface area contributed by atoms with Crippen LogP contribution in [0.25, 0.3) is 0 Å². The Labute approximate surface area is 271 Å². The van der Waals surface area contributed by atoms with Gasteiger partial charge in [-0.15, -0.1) is 0 Å². The fourth-order valence-electron chi connectivity index (χ4n) is 4.64. The Morgan fingerprint density at radius 1 is 0.867 bits per heavy atom. The zero-order valence-corrected chi connectivity index (χ0v) is 26.9. The lowest BCUT2D eigenvalue weighted by Crippen LogP contribution is -2.55. The maximum Gasteiger partial charge on any atom is 0.410 e. The third-order valence-corrected chi connectivity index (χ3v) is 7.26. The van der Waals surface area contributed by atoms with Crippen molar-refractivity contribution in [1.29, 1.82) is 0 Å². The molecule has 2 fully saturated rings. The molecule has 0 aliphatic carbocycles. The topological polar surface area (TPSA) is 78.5 Å². The average molecular weight is 684 g/mol. The number of amides is 1. The van der Waals surface area contributed by atoms with E-state index in [2.05, 4.69) is 14.8 Å². The predicted octanol–water partition coefficient (Wildman–Crippen LogP) is 6.60. The second-order valence-electron chi connectivity index (χ2n) is 11.7. The van der Waals surface area contributed by atoms with Crippen LogP contribution in [0.5, 0.6) is 0 Å². The zero-order valence-electron chi connectivity index (χ0n) is 25.4. The van der Waals surface area contributed by atoms with Gasteiger partial charge in [0.1, 0.15) is 5.60 Å². The van der Waals surface area contributed by atoms with Gasteiger partial charge in [0.05, 0.1) is 51.2 Å². The summed E-state index contributed by atoms with van der Waals surface area (Å²) in [7, 11) is 0. The Balaban J connectivity index is 0.000000257. The Morgan fingerprint density at radius 3 is 1.87 bits per heavy atom. The summed E-state index contributed by atoms with van der Waals surface area (Å²) in [6, 6.07) is 14.8. The van der Waals surface area contributed by atoms with Crippen molar-refractivity contribution in [3.8, 4) is 0 Å². The van der Waals surface area contributed by atoms with E-state index in [0.717, 1.165) is 17.5 Å². The second-order valence-corrected chi connectivity index (χ2v) is 12.5. The van der Waals surface area contributed by atoms with E-state index in [-0.39, 0.29) is 44.6 Å². The first-order valence-electron chi connectivity index (χ1n) is 14.5. The molecule has 0 aromatic heterocycles. The van der Waals surface area contributed by atoms with Crippen LogP contribution in [-0.4, -0.2) is 93.6 Å². The van der Waals surface area contributed by atoms with Crippen LogP contribution < -0.4 is 5.32 Å². The normalized spacial score (nSPS) is 22.2. The second kappa shape index (κ2) is 18.2. The lowest BCUT2D eigenvalue weighted by Gasteiger charge is -2.40. The molecule has 2 aliphatic heterocycles. The molecule has 1 amide bonds. The van der Waals surface area contributed by atoms with Gasteiger partial charge in [-0.1, -0.05) is 47.5 Å². The first-order valence-corrected chi connectivity index (χ1v) is 15.3. The molecule has 2 aromatic rings. The van der Waals surface area contributed by atoms with Crippen molar-refractivity contribution in [3.63, 3.8) is 0 Å². The molecule has 4 rings (SSSR count). The number of alkyl halides is 4. The van der Waals surface area contributed by atoms with Crippen LogP contribution >= 0.6 is 23.2 Å². The third kappa shape index (κ3) is 14.4. The first kappa shape index (κ1) is 37.3. The smallest absolute Gasteiger partial charge is 0.410 e. The molecule has 0 unspecified atom stereocenters. The predicted molar refractivity (Wildman–Crippen MR) is 162 cm³/mol. The van der Waals surface area contributed by atoms with Crippen molar-refractivity contribution < 1.29 is 46.0 Å². The molecule has 0 spiro atoms. The molecule has 2 aliphatic rings. The number of nitrogens with zero attached hydrogens (tertiary/aromatic N) is 1. The van der Waals surface area contributed by atoms with Gasteiger partial charge in [-0.3, -0.25) is 4.90 Å². The summed E-state index contributed by atoms with van der Waals surface area (Å²) in [4.78, 5) is 14.1. The molecule has 1 N–H and O–H groups in total. The lowest BCUT2D eigenvalue weighted by atomic mass is 10.0. The monoisotopic (exact) mass is 682 g/mol. The molecule has 2 saturated heterocycles. The minimum Gasteiger partial charge on any atom is -0.444 e. The van der Waals surface area contributed by atoms with Crippen molar-refractivity contribution in [3.05, 3.63) is 69.7 Å². The van der Waals surface area contributed by atoms with Gasteiger partial charge in [0.2, 0.25) is 0 Å². The molecule has 0 bridgehead atoms. The minimum absolute atomic E-state index is 0.0850. The van der Waals surface area contributed by atoms with Crippen LogP contribution in [0.4, 0.5) is 22.4 Å². The Kier molecular flexibility index (Phi) is 15.1. The molecule has 252 valence electrons. The summed E-state index contributed by atoms with van der Waals surface area (Å²) in [6.45, 7) is 0.674. The fourth-order valence-corrected chi connectivity index (χ4v) is 4.89. The van der Waals surface area contributed by atoms with Gasteiger partial charge in [-0.25, -0.2) is 4.79 Å². The summed E-state index contributed by atoms with van der Waals surface area (Å²) in [5.74, 6) is 0. The fraction of sp³-hybridized carbons (Fsp3) is 0.581. The number of morpholine rings is 2. The lowest BCUT2D eigenvalue weighted by molar-refractivity contribution is -0.169. The highest BCUT2D eigenvalue weighted by atomic mass is 35.5. The highest BCUT2D eigenvalue weighted by Gasteiger charge is 2.35. The summed E-state index contributed by atoms with van der Waals surface area (Å²) in [5, 5.41) is 4.61. The van der Waals surface area contributed by atoms with Gasteiger partial charge in [-0.05, 0) is 69.0 Å². The molecule has 8 nitrogen and oxygen atoms in total. The molecular formula is C31H40Cl2F4N2O6. The number of benzene rings is 2. The maximum absolute atomic E-state index is 12.6. The van der Waals surface area contributed by atoms with Crippen molar-refractivity contribution in [2.24, 2.45) is 0 Å². The number of rotatable bonds is 10. The number of nitrogens with one attached hydrogen (secondary N) is 1. The SMILES string of the molecule is CC(C)(C)OC(=O)N1C[C@H](COC(F)F)OC[C@@H]1Cc1ccc(Cl)cc1.FC(F)OC[C@H]1CN[C@@H](Cc2ccc(Cl)cc2)CO1. The van der Waals surface area contributed by atoms with E-state index in [9.17, 15) is 22.4 Å². The van der Waals surface area contributed by atoms with Crippen molar-refractivity contribution in [1.82, 2.24) is 10.2 Å². The van der Waals surface area contributed by atoms with Crippen LogP contribution in [0.3, 0.4) is 0 Å². The highest BCUT2D eigenvalue weighted by molar-refractivity contribution is 6.30. The zero-order chi connectivity index (χ0) is 33.0. The van der Waals surface area contributed by atoms with Crippen LogP contribution in [0.2, 0.25) is 10.0 Å². The van der Waals surface area contributed by atoms with Crippen molar-refractivity contribution >= 4 is 29.3 Å². The van der Waals surface area contributed by atoms with Crippen molar-refractivity contribution in [2.75, 3.05) is 39.5 Å². The van der Waals surface area contributed by atoms with Gasteiger partial charge in [0, 0.05) is 22.6 Å². The largest absolute Gasteiger partial charge is 0.444 e. The first-order chi connectivity index (χ1) is 21.3.